The summed E-state index contributed by atoms with van der Waals surface area (Å²) in [6, 6.07) is 0.344. The summed E-state index contributed by atoms with van der Waals surface area (Å²) in [4.78, 5) is 23.7. The van der Waals surface area contributed by atoms with Gasteiger partial charge in [-0.05, 0) is 31.8 Å². The number of hydrogen-bond acceptors (Lipinski definition) is 4. The van der Waals surface area contributed by atoms with E-state index in [0.717, 1.165) is 32.5 Å². The summed E-state index contributed by atoms with van der Waals surface area (Å²) in [6.07, 6.45) is 3.39. The third-order valence-electron chi connectivity index (χ3n) is 4.47. The molecule has 1 aromatic rings. The maximum absolute atomic E-state index is 12.5. The zero-order valence-electron chi connectivity index (χ0n) is 11.8. The van der Waals surface area contributed by atoms with Gasteiger partial charge in [-0.3, -0.25) is 4.90 Å². The summed E-state index contributed by atoms with van der Waals surface area (Å²) in [7, 11) is 0. The Kier molecular flexibility index (Phi) is 2.98. The average molecular weight is 274 g/mol. The van der Waals surface area contributed by atoms with E-state index in [1.54, 1.807) is 0 Å². The van der Waals surface area contributed by atoms with Gasteiger partial charge in [0.15, 0.2) is 6.33 Å². The lowest BCUT2D eigenvalue weighted by molar-refractivity contribution is 0.0275. The third-order valence-corrected chi connectivity index (χ3v) is 4.47. The molecule has 2 fully saturated rings. The second-order valence-electron chi connectivity index (χ2n) is 5.82. The van der Waals surface area contributed by atoms with Crippen LogP contribution in [-0.4, -0.2) is 61.8 Å². The van der Waals surface area contributed by atoms with Gasteiger partial charge in [0.25, 0.3) is 0 Å². The van der Waals surface area contributed by atoms with Crippen molar-refractivity contribution in [2.45, 2.75) is 38.3 Å². The summed E-state index contributed by atoms with van der Waals surface area (Å²) >= 11 is 0. The molecule has 0 N–H and O–H groups in total. The van der Waals surface area contributed by atoms with E-state index >= 15 is 0 Å². The molecule has 7 heteroatoms. The molecule has 1 atom stereocenters. The minimum atomic E-state index is -0.163. The molecule has 3 heterocycles. The quantitative estimate of drug-likeness (QED) is 0.725. The molecule has 0 aliphatic carbocycles. The number of aromatic nitrogens is 3. The first-order chi connectivity index (χ1) is 9.55. The predicted molar refractivity (Wildman–Crippen MR) is 72.5 cm³/mol. The van der Waals surface area contributed by atoms with Crippen LogP contribution in [0.4, 0.5) is 10.7 Å². The maximum Gasteiger partial charge on any atom is 0.393 e. The van der Waals surface area contributed by atoms with Crippen molar-refractivity contribution >= 4 is 12.0 Å². The normalized spacial score (nSPS) is 26.0. The SMILES string of the molecule is [C-]#[N+]c1ncn(C(=O)N2CC[C@@]23CCN(C(C)C)C3)n1. The van der Waals surface area contributed by atoms with Crippen molar-refractivity contribution in [3.05, 3.63) is 17.7 Å². The Hall–Kier alpha value is -1.94. The molecule has 2 aliphatic heterocycles. The molecule has 2 saturated heterocycles. The number of hydrogen-bond donors (Lipinski definition) is 0. The maximum atomic E-state index is 12.5. The molecule has 0 radical (unpaired) electrons. The van der Waals surface area contributed by atoms with Gasteiger partial charge >= 0.3 is 12.0 Å². The molecule has 0 bridgehead atoms. The van der Waals surface area contributed by atoms with E-state index in [-0.39, 0.29) is 17.5 Å². The van der Waals surface area contributed by atoms with E-state index in [0.29, 0.717) is 6.04 Å². The van der Waals surface area contributed by atoms with Crippen LogP contribution < -0.4 is 0 Å². The van der Waals surface area contributed by atoms with Crippen molar-refractivity contribution < 1.29 is 4.79 Å². The van der Waals surface area contributed by atoms with Crippen molar-refractivity contribution in [2.24, 2.45) is 0 Å². The zero-order chi connectivity index (χ0) is 14.3. The Labute approximate surface area is 118 Å². The number of rotatable bonds is 1. The monoisotopic (exact) mass is 274 g/mol. The second-order valence-corrected chi connectivity index (χ2v) is 5.82. The molecule has 20 heavy (non-hydrogen) atoms. The first-order valence-electron chi connectivity index (χ1n) is 6.91. The van der Waals surface area contributed by atoms with Crippen LogP contribution in [0.15, 0.2) is 6.33 Å². The largest absolute Gasteiger partial charge is 0.393 e. The lowest BCUT2D eigenvalue weighted by Crippen LogP contribution is -2.64. The predicted octanol–water partition coefficient (Wildman–Crippen LogP) is 1.36. The van der Waals surface area contributed by atoms with E-state index in [9.17, 15) is 4.79 Å². The van der Waals surface area contributed by atoms with Gasteiger partial charge in [-0.15, -0.1) is 16.2 Å². The fourth-order valence-electron chi connectivity index (χ4n) is 3.11. The van der Waals surface area contributed by atoms with Gasteiger partial charge in [-0.1, -0.05) is 0 Å². The minimum absolute atomic E-state index is 0.0168. The van der Waals surface area contributed by atoms with E-state index in [1.165, 1.54) is 11.0 Å². The summed E-state index contributed by atoms with van der Waals surface area (Å²) in [6.45, 7) is 13.9. The van der Waals surface area contributed by atoms with Crippen molar-refractivity contribution in [1.29, 1.82) is 0 Å². The van der Waals surface area contributed by atoms with E-state index in [2.05, 4.69) is 33.7 Å². The van der Waals surface area contributed by atoms with Gasteiger partial charge in [0, 0.05) is 25.7 Å². The average Bonchev–Trinajstić information content (AvgIpc) is 3.05. The molecule has 1 spiro atoms. The summed E-state index contributed by atoms with van der Waals surface area (Å²) in [5, 5.41) is 3.89. The van der Waals surface area contributed by atoms with Gasteiger partial charge in [0.2, 0.25) is 0 Å². The van der Waals surface area contributed by atoms with E-state index in [1.807, 2.05) is 4.90 Å². The lowest BCUT2D eigenvalue weighted by atomic mass is 9.84. The minimum Gasteiger partial charge on any atom is -0.393 e. The number of amides is 1. The Morgan fingerprint density at radius 3 is 2.70 bits per heavy atom. The molecule has 1 amide bonds. The topological polar surface area (TPSA) is 58.6 Å². The highest BCUT2D eigenvalue weighted by Crippen LogP contribution is 2.40. The molecular formula is C13H18N6O. The van der Waals surface area contributed by atoms with Crippen LogP contribution in [0.25, 0.3) is 4.85 Å². The zero-order valence-corrected chi connectivity index (χ0v) is 11.8. The fourth-order valence-corrected chi connectivity index (χ4v) is 3.11. The van der Waals surface area contributed by atoms with Crippen LogP contribution in [0, 0.1) is 6.57 Å². The number of carbonyl (C=O) groups excluding carboxylic acids is 1. The third kappa shape index (κ3) is 1.88. The van der Waals surface area contributed by atoms with Gasteiger partial charge < -0.3 is 9.74 Å². The first-order valence-corrected chi connectivity index (χ1v) is 6.91. The summed E-state index contributed by atoms with van der Waals surface area (Å²) in [5.74, 6) is 0.0168. The smallest absolute Gasteiger partial charge is 0.393 e. The van der Waals surface area contributed by atoms with Crippen LogP contribution in [0.3, 0.4) is 0 Å². The highest BCUT2D eigenvalue weighted by molar-refractivity contribution is 5.78. The number of nitrogens with zero attached hydrogens (tertiary/aromatic N) is 6. The molecule has 0 saturated carbocycles. The molecule has 106 valence electrons. The van der Waals surface area contributed by atoms with E-state index < -0.39 is 0 Å². The van der Waals surface area contributed by atoms with Crippen LogP contribution in [-0.2, 0) is 0 Å². The Balaban J connectivity index is 1.75. The van der Waals surface area contributed by atoms with Crippen molar-refractivity contribution in [3.63, 3.8) is 0 Å². The molecule has 0 aromatic carbocycles. The Bertz CT molecular complexity index is 574. The van der Waals surface area contributed by atoms with Crippen molar-refractivity contribution in [2.75, 3.05) is 19.6 Å². The first kappa shape index (κ1) is 13.1. The standard InChI is InChI=1S/C13H18N6O/c1-10(2)17-6-4-13(8-17)5-7-18(13)12(20)19-9-15-11(14-3)16-19/h9-10H,4-8H2,1-2H3/t13-/m1/s1. The molecule has 7 nitrogen and oxygen atoms in total. The van der Waals surface area contributed by atoms with E-state index in [4.69, 9.17) is 6.57 Å². The molecule has 1 aromatic heterocycles. The molecular weight excluding hydrogens is 256 g/mol. The number of carbonyl (C=O) groups is 1. The molecule has 0 unspecified atom stereocenters. The van der Waals surface area contributed by atoms with Gasteiger partial charge in [-0.25, -0.2) is 4.79 Å². The van der Waals surface area contributed by atoms with Gasteiger partial charge in [-0.2, -0.15) is 0 Å². The Morgan fingerprint density at radius 1 is 1.45 bits per heavy atom. The highest BCUT2D eigenvalue weighted by Gasteiger charge is 2.52. The summed E-state index contributed by atoms with van der Waals surface area (Å²) < 4.78 is 1.19. The fraction of sp³-hybridized carbons (Fsp3) is 0.692. The van der Waals surface area contributed by atoms with Crippen LogP contribution in [0.5, 0.6) is 0 Å². The van der Waals surface area contributed by atoms with Crippen molar-refractivity contribution in [3.8, 4) is 0 Å². The Morgan fingerprint density at radius 2 is 2.20 bits per heavy atom. The number of likely N-dealkylation sites (tertiary alicyclic amines) is 2. The second kappa shape index (κ2) is 4.56. The van der Waals surface area contributed by atoms with Crippen LogP contribution >= 0.6 is 0 Å². The van der Waals surface area contributed by atoms with Crippen molar-refractivity contribution in [1.82, 2.24) is 24.6 Å². The van der Waals surface area contributed by atoms with Crippen LogP contribution in [0.1, 0.15) is 26.7 Å². The van der Waals surface area contributed by atoms with Gasteiger partial charge in [0.05, 0.1) is 5.54 Å². The molecule has 2 aliphatic rings. The summed E-state index contributed by atoms with van der Waals surface area (Å²) in [5.41, 5.74) is -0.0361. The van der Waals surface area contributed by atoms with Crippen LogP contribution in [0.2, 0.25) is 0 Å². The highest BCUT2D eigenvalue weighted by atomic mass is 16.2. The van der Waals surface area contributed by atoms with Gasteiger partial charge in [0.1, 0.15) is 0 Å². The molecule has 3 rings (SSSR count). The lowest BCUT2D eigenvalue weighted by Gasteiger charge is -2.50.